The molecule has 2 amide bonds. The van der Waals surface area contributed by atoms with Gasteiger partial charge in [-0.1, -0.05) is 17.9 Å². The molecule has 1 aromatic heterocycles. The second-order valence-electron chi connectivity index (χ2n) is 5.89. The van der Waals surface area contributed by atoms with E-state index >= 15 is 0 Å². The molecule has 1 N–H and O–H groups in total. The number of amides is 2. The average molecular weight is 337 g/mol. The van der Waals surface area contributed by atoms with E-state index in [0.29, 0.717) is 12.3 Å². The molecule has 0 saturated carbocycles. The molecule has 0 bridgehead atoms. The first-order chi connectivity index (χ1) is 12.1. The van der Waals surface area contributed by atoms with Gasteiger partial charge in [0.1, 0.15) is 12.4 Å². The number of rotatable bonds is 4. The second kappa shape index (κ2) is 7.67. The summed E-state index contributed by atoms with van der Waals surface area (Å²) in [7, 11) is 1.70. The summed E-state index contributed by atoms with van der Waals surface area (Å²) in [6, 6.07) is 9.57. The number of carbonyl (C=O) groups excluding carboxylic acids is 2. The minimum Gasteiger partial charge on any atom is -0.481 e. The first-order valence-corrected chi connectivity index (χ1v) is 8.08. The molecule has 1 saturated heterocycles. The van der Waals surface area contributed by atoms with Crippen molar-refractivity contribution in [3.63, 3.8) is 0 Å². The number of likely N-dealkylation sites (tertiary alicyclic amines) is 1. The van der Waals surface area contributed by atoms with Gasteiger partial charge in [-0.15, -0.1) is 0 Å². The third-order valence-corrected chi connectivity index (χ3v) is 4.08. The monoisotopic (exact) mass is 337 g/mol. The third-order valence-electron chi connectivity index (χ3n) is 4.08. The molecule has 6 nitrogen and oxygen atoms in total. The predicted octanol–water partition coefficient (Wildman–Crippen LogP) is 1.21. The van der Waals surface area contributed by atoms with Crippen molar-refractivity contribution in [1.82, 2.24) is 15.2 Å². The largest absolute Gasteiger partial charge is 0.481 e. The molecule has 128 valence electrons. The summed E-state index contributed by atoms with van der Waals surface area (Å²) in [5.41, 5.74) is 0.872. The number of hydrogen-bond donors (Lipinski definition) is 1. The number of aromatic nitrogens is 1. The zero-order valence-electron chi connectivity index (χ0n) is 14.0. The highest BCUT2D eigenvalue weighted by molar-refractivity contribution is 5.89. The van der Waals surface area contributed by atoms with Crippen LogP contribution in [0.2, 0.25) is 0 Å². The number of benzene rings is 1. The van der Waals surface area contributed by atoms with Crippen molar-refractivity contribution < 1.29 is 14.3 Å². The van der Waals surface area contributed by atoms with Crippen LogP contribution in [0.5, 0.6) is 5.75 Å². The highest BCUT2D eigenvalue weighted by Crippen LogP contribution is 2.18. The Bertz CT molecular complexity index is 854. The van der Waals surface area contributed by atoms with Gasteiger partial charge in [0.15, 0.2) is 0 Å². The fourth-order valence-electron chi connectivity index (χ4n) is 2.68. The minimum absolute atomic E-state index is 0.00418. The van der Waals surface area contributed by atoms with Gasteiger partial charge < -0.3 is 15.0 Å². The topological polar surface area (TPSA) is 71.5 Å². The van der Waals surface area contributed by atoms with Crippen LogP contribution in [-0.2, 0) is 9.59 Å². The van der Waals surface area contributed by atoms with E-state index in [9.17, 15) is 9.59 Å². The van der Waals surface area contributed by atoms with Crippen molar-refractivity contribution in [1.29, 1.82) is 0 Å². The van der Waals surface area contributed by atoms with E-state index in [1.54, 1.807) is 18.1 Å². The molecule has 1 aromatic carbocycles. The van der Waals surface area contributed by atoms with Crippen LogP contribution in [0.4, 0.5) is 0 Å². The van der Waals surface area contributed by atoms with Gasteiger partial charge >= 0.3 is 0 Å². The van der Waals surface area contributed by atoms with Crippen LogP contribution in [0.1, 0.15) is 6.42 Å². The molecule has 1 fully saturated rings. The second-order valence-corrected chi connectivity index (χ2v) is 5.89. The molecule has 3 rings (SSSR count). The number of fused-ring (bicyclic) bond motifs is 1. The van der Waals surface area contributed by atoms with Crippen LogP contribution in [-0.4, -0.2) is 48.4 Å². The fraction of sp³-hybridized carbons (Fsp3) is 0.316. The lowest BCUT2D eigenvalue weighted by molar-refractivity contribution is -0.128. The summed E-state index contributed by atoms with van der Waals surface area (Å²) in [5.74, 6) is 6.01. The van der Waals surface area contributed by atoms with Crippen molar-refractivity contribution in [2.75, 3.05) is 26.7 Å². The first kappa shape index (κ1) is 16.8. The van der Waals surface area contributed by atoms with E-state index < -0.39 is 0 Å². The van der Waals surface area contributed by atoms with Gasteiger partial charge in [-0.25, -0.2) is 0 Å². The van der Waals surface area contributed by atoms with Crippen LogP contribution < -0.4 is 10.1 Å². The van der Waals surface area contributed by atoms with Crippen LogP contribution in [0, 0.1) is 17.8 Å². The van der Waals surface area contributed by atoms with Gasteiger partial charge in [-0.05, 0) is 18.2 Å². The van der Waals surface area contributed by atoms with Crippen molar-refractivity contribution in [2.24, 2.45) is 5.92 Å². The molecule has 6 heteroatoms. The summed E-state index contributed by atoms with van der Waals surface area (Å²) in [4.78, 5) is 29.2. The summed E-state index contributed by atoms with van der Waals surface area (Å²) in [6.45, 7) is 0.950. The van der Waals surface area contributed by atoms with Gasteiger partial charge in [0.25, 0.3) is 0 Å². The lowest BCUT2D eigenvalue weighted by Gasteiger charge is -2.09. The maximum Gasteiger partial charge on any atom is 0.226 e. The minimum atomic E-state index is -0.277. The Morgan fingerprint density at radius 2 is 2.28 bits per heavy atom. The number of ether oxygens (including phenoxy) is 1. The standard InChI is InChI=1S/C19H19N3O3/c1-22-13-15(11-18(22)23)19(24)21-8-2-3-10-25-16-7-6-14-5-4-9-20-17(14)12-16/h4-7,9,12,15H,8,10-11,13H2,1H3,(H,21,24). The maximum absolute atomic E-state index is 11.9. The van der Waals surface area contributed by atoms with Crippen LogP contribution in [0.3, 0.4) is 0 Å². The Kier molecular flexibility index (Phi) is 5.14. The molecule has 0 spiro atoms. The SMILES string of the molecule is CN1CC(C(=O)NCC#CCOc2ccc3cccnc3c2)CC1=O. The number of carbonyl (C=O) groups is 2. The Morgan fingerprint density at radius 1 is 1.40 bits per heavy atom. The van der Waals surface area contributed by atoms with Gasteiger partial charge in [-0.2, -0.15) is 0 Å². The molecule has 25 heavy (non-hydrogen) atoms. The van der Waals surface area contributed by atoms with E-state index in [2.05, 4.69) is 22.1 Å². The fourth-order valence-corrected chi connectivity index (χ4v) is 2.68. The molecular formula is C19H19N3O3. The van der Waals surface area contributed by atoms with E-state index in [1.165, 1.54) is 0 Å². The lowest BCUT2D eigenvalue weighted by Crippen LogP contribution is -2.32. The number of nitrogens with zero attached hydrogens (tertiary/aromatic N) is 2. The lowest BCUT2D eigenvalue weighted by atomic mass is 10.1. The van der Waals surface area contributed by atoms with Crippen LogP contribution in [0.25, 0.3) is 10.9 Å². The molecular weight excluding hydrogens is 318 g/mol. The predicted molar refractivity (Wildman–Crippen MR) is 93.8 cm³/mol. The van der Waals surface area contributed by atoms with E-state index in [4.69, 9.17) is 4.74 Å². The summed E-state index contributed by atoms with van der Waals surface area (Å²) in [6.07, 6.45) is 2.01. The van der Waals surface area contributed by atoms with Gasteiger partial charge in [0, 0.05) is 37.7 Å². The molecule has 1 aliphatic rings. The van der Waals surface area contributed by atoms with Crippen molar-refractivity contribution >= 4 is 22.7 Å². The van der Waals surface area contributed by atoms with Crippen LogP contribution >= 0.6 is 0 Å². The molecule has 1 aliphatic heterocycles. The van der Waals surface area contributed by atoms with E-state index in [-0.39, 0.29) is 37.3 Å². The van der Waals surface area contributed by atoms with Crippen LogP contribution in [0.15, 0.2) is 36.5 Å². The Morgan fingerprint density at radius 3 is 3.08 bits per heavy atom. The molecule has 0 radical (unpaired) electrons. The van der Waals surface area contributed by atoms with Crippen molar-refractivity contribution in [3.05, 3.63) is 36.5 Å². The quantitative estimate of drug-likeness (QED) is 0.852. The van der Waals surface area contributed by atoms with Crippen molar-refractivity contribution in [2.45, 2.75) is 6.42 Å². The summed E-state index contributed by atoms with van der Waals surface area (Å²) in [5, 5.41) is 3.79. The maximum atomic E-state index is 11.9. The molecule has 2 aromatic rings. The molecule has 1 atom stereocenters. The molecule has 1 unspecified atom stereocenters. The van der Waals surface area contributed by atoms with E-state index in [0.717, 1.165) is 10.9 Å². The van der Waals surface area contributed by atoms with Gasteiger partial charge in [0.2, 0.25) is 11.8 Å². The normalized spacial score (nSPS) is 16.4. The smallest absolute Gasteiger partial charge is 0.226 e. The number of nitrogens with one attached hydrogen (secondary N) is 1. The highest BCUT2D eigenvalue weighted by atomic mass is 16.5. The Balaban J connectivity index is 1.42. The summed E-state index contributed by atoms with van der Waals surface area (Å²) < 4.78 is 5.57. The number of pyridine rings is 1. The molecule has 2 heterocycles. The number of hydrogen-bond acceptors (Lipinski definition) is 4. The summed E-state index contributed by atoms with van der Waals surface area (Å²) >= 11 is 0. The third kappa shape index (κ3) is 4.27. The van der Waals surface area contributed by atoms with Gasteiger partial charge in [0.05, 0.1) is 18.0 Å². The first-order valence-electron chi connectivity index (χ1n) is 8.08. The Hall–Kier alpha value is -3.07. The zero-order valence-corrected chi connectivity index (χ0v) is 14.0. The van der Waals surface area contributed by atoms with Gasteiger partial charge in [-0.3, -0.25) is 14.6 Å². The molecule has 0 aliphatic carbocycles. The van der Waals surface area contributed by atoms with E-state index in [1.807, 2.05) is 30.3 Å². The highest BCUT2D eigenvalue weighted by Gasteiger charge is 2.31. The zero-order chi connectivity index (χ0) is 17.6. The van der Waals surface area contributed by atoms with Crippen molar-refractivity contribution in [3.8, 4) is 17.6 Å². The average Bonchev–Trinajstić information content (AvgIpc) is 2.96. The Labute approximate surface area is 146 Å².